The first-order valence-corrected chi connectivity index (χ1v) is 10.8. The van der Waals surface area contributed by atoms with Crippen LogP contribution in [0.5, 0.6) is 11.5 Å². The van der Waals surface area contributed by atoms with Crippen LogP contribution < -0.4 is 4.74 Å². The van der Waals surface area contributed by atoms with Gasteiger partial charge in [-0.2, -0.15) is 0 Å². The van der Waals surface area contributed by atoms with E-state index in [1.807, 2.05) is 25.1 Å². The summed E-state index contributed by atoms with van der Waals surface area (Å²) in [5, 5.41) is 11.3. The third-order valence-corrected chi connectivity index (χ3v) is 5.39. The minimum atomic E-state index is -0.178. The standard InChI is InChI=1S/C25H30ClNO3/c1-15(2)12-27(13-16(3)4)14-19-21(28)10-17(5)23-24(29)22(30-25(19)23)11-18-8-6-7-9-20(18)26/h6-11,15-16,28H,12-14H2,1-5H3/b22-11+. The maximum Gasteiger partial charge on any atom is 0.232 e. The Labute approximate surface area is 184 Å². The zero-order valence-electron chi connectivity index (χ0n) is 18.3. The van der Waals surface area contributed by atoms with Crippen LogP contribution in [0.4, 0.5) is 0 Å². The minimum absolute atomic E-state index is 0.163. The number of phenols is 1. The summed E-state index contributed by atoms with van der Waals surface area (Å²) in [5.41, 5.74) is 2.61. The molecule has 1 N–H and O–H groups in total. The van der Waals surface area contributed by atoms with Crippen LogP contribution >= 0.6 is 11.6 Å². The molecule has 2 aromatic rings. The fourth-order valence-electron chi connectivity index (χ4n) is 3.93. The number of hydrogen-bond acceptors (Lipinski definition) is 4. The van der Waals surface area contributed by atoms with E-state index >= 15 is 0 Å². The van der Waals surface area contributed by atoms with Crippen molar-refractivity contribution in [2.75, 3.05) is 13.1 Å². The second-order valence-corrected chi connectivity index (χ2v) is 9.25. The lowest BCUT2D eigenvalue weighted by Gasteiger charge is -2.27. The average molecular weight is 428 g/mol. The van der Waals surface area contributed by atoms with Crippen molar-refractivity contribution < 1.29 is 14.6 Å². The molecule has 1 aliphatic heterocycles. The Bertz CT molecular complexity index is 969. The van der Waals surface area contributed by atoms with Crippen LogP contribution in [0.1, 0.15) is 54.7 Å². The molecule has 4 nitrogen and oxygen atoms in total. The Hall–Kier alpha value is -2.30. The summed E-state index contributed by atoms with van der Waals surface area (Å²) in [7, 11) is 0. The van der Waals surface area contributed by atoms with Crippen LogP contribution in [-0.4, -0.2) is 28.9 Å². The van der Waals surface area contributed by atoms with Crippen LogP contribution in [0.15, 0.2) is 36.1 Å². The quantitative estimate of drug-likeness (QED) is 0.543. The van der Waals surface area contributed by atoms with E-state index < -0.39 is 0 Å². The molecule has 0 aromatic heterocycles. The Morgan fingerprint density at radius 1 is 1.13 bits per heavy atom. The minimum Gasteiger partial charge on any atom is -0.507 e. The molecule has 2 aromatic carbocycles. The summed E-state index contributed by atoms with van der Waals surface area (Å²) < 4.78 is 6.05. The van der Waals surface area contributed by atoms with Gasteiger partial charge in [0.1, 0.15) is 11.5 Å². The average Bonchev–Trinajstić information content (AvgIpc) is 2.96. The number of carbonyl (C=O) groups is 1. The molecule has 0 fully saturated rings. The number of nitrogens with zero attached hydrogens (tertiary/aromatic N) is 1. The fraction of sp³-hybridized carbons (Fsp3) is 0.400. The van der Waals surface area contributed by atoms with Crippen molar-refractivity contribution in [2.45, 2.75) is 41.2 Å². The summed E-state index contributed by atoms with van der Waals surface area (Å²) in [6.45, 7) is 12.9. The number of aryl methyl sites for hydroxylation is 1. The van der Waals surface area contributed by atoms with E-state index in [4.69, 9.17) is 16.3 Å². The van der Waals surface area contributed by atoms with Gasteiger partial charge in [0.05, 0.1) is 11.1 Å². The highest BCUT2D eigenvalue weighted by molar-refractivity contribution is 6.32. The van der Waals surface area contributed by atoms with Gasteiger partial charge in [-0.1, -0.05) is 57.5 Å². The monoisotopic (exact) mass is 427 g/mol. The molecule has 0 atom stereocenters. The number of halogens is 1. The molecule has 0 spiro atoms. The van der Waals surface area contributed by atoms with Crippen LogP contribution in [0.3, 0.4) is 0 Å². The first kappa shape index (κ1) is 22.4. The van der Waals surface area contributed by atoms with Gasteiger partial charge in [-0.05, 0) is 48.1 Å². The van der Waals surface area contributed by atoms with Gasteiger partial charge in [0.25, 0.3) is 0 Å². The van der Waals surface area contributed by atoms with Crippen molar-refractivity contribution in [2.24, 2.45) is 11.8 Å². The van der Waals surface area contributed by atoms with Gasteiger partial charge in [0.2, 0.25) is 5.78 Å². The Morgan fingerprint density at radius 2 is 1.77 bits per heavy atom. The Balaban J connectivity index is 2.00. The first-order valence-electron chi connectivity index (χ1n) is 10.4. The van der Waals surface area contributed by atoms with Crippen LogP contribution in [0.2, 0.25) is 5.02 Å². The predicted molar refractivity (Wildman–Crippen MR) is 122 cm³/mol. The maximum atomic E-state index is 13.1. The van der Waals surface area contributed by atoms with Gasteiger partial charge in [-0.15, -0.1) is 0 Å². The number of benzene rings is 2. The maximum absolute atomic E-state index is 13.1. The number of Topliss-reactive ketones (excluding diaryl/α,β-unsaturated/α-hetero) is 1. The van der Waals surface area contributed by atoms with Gasteiger partial charge in [-0.25, -0.2) is 0 Å². The zero-order chi connectivity index (χ0) is 22.0. The van der Waals surface area contributed by atoms with Crippen molar-refractivity contribution in [1.29, 1.82) is 0 Å². The molecule has 0 radical (unpaired) electrons. The van der Waals surface area contributed by atoms with Crippen LogP contribution in [-0.2, 0) is 6.54 Å². The zero-order valence-corrected chi connectivity index (χ0v) is 19.1. The molecular formula is C25H30ClNO3. The molecule has 160 valence electrons. The molecule has 0 unspecified atom stereocenters. The smallest absolute Gasteiger partial charge is 0.232 e. The number of ether oxygens (including phenoxy) is 1. The van der Waals surface area contributed by atoms with Crippen molar-refractivity contribution in [3.05, 3.63) is 63.4 Å². The number of allylic oxidation sites excluding steroid dienone is 1. The summed E-state index contributed by atoms with van der Waals surface area (Å²) in [4.78, 5) is 15.4. The third-order valence-electron chi connectivity index (χ3n) is 5.04. The summed E-state index contributed by atoms with van der Waals surface area (Å²) in [6, 6.07) is 8.99. The third kappa shape index (κ3) is 4.88. The number of aromatic hydroxyl groups is 1. The van der Waals surface area contributed by atoms with E-state index in [0.29, 0.717) is 45.8 Å². The number of carbonyl (C=O) groups excluding carboxylic acids is 1. The van der Waals surface area contributed by atoms with Gasteiger partial charge in [-0.3, -0.25) is 9.69 Å². The highest BCUT2D eigenvalue weighted by Gasteiger charge is 2.34. The largest absolute Gasteiger partial charge is 0.507 e. The van der Waals surface area contributed by atoms with Crippen LogP contribution in [0.25, 0.3) is 6.08 Å². The highest BCUT2D eigenvalue weighted by Crippen LogP contribution is 2.42. The summed E-state index contributed by atoms with van der Waals surface area (Å²) in [5.74, 6) is 1.66. The van der Waals surface area contributed by atoms with Crippen molar-refractivity contribution in [1.82, 2.24) is 4.90 Å². The van der Waals surface area contributed by atoms with E-state index in [9.17, 15) is 9.90 Å². The van der Waals surface area contributed by atoms with Crippen LogP contribution in [0, 0.1) is 18.8 Å². The fourth-order valence-corrected chi connectivity index (χ4v) is 4.12. The molecule has 0 amide bonds. The number of fused-ring (bicyclic) bond motifs is 1. The second-order valence-electron chi connectivity index (χ2n) is 8.84. The van der Waals surface area contributed by atoms with Crippen molar-refractivity contribution >= 4 is 23.5 Å². The van der Waals surface area contributed by atoms with Gasteiger partial charge in [0.15, 0.2) is 5.76 Å². The molecule has 1 heterocycles. The lowest BCUT2D eigenvalue weighted by atomic mass is 9.98. The van der Waals surface area contributed by atoms with E-state index in [0.717, 1.165) is 18.7 Å². The lowest BCUT2D eigenvalue weighted by molar-refractivity contribution is 0.101. The number of hydrogen-bond donors (Lipinski definition) is 1. The number of rotatable bonds is 7. The van der Waals surface area contributed by atoms with Crippen molar-refractivity contribution in [3.8, 4) is 11.5 Å². The van der Waals surface area contributed by atoms with E-state index in [1.165, 1.54) is 0 Å². The van der Waals surface area contributed by atoms with E-state index in [1.54, 1.807) is 18.2 Å². The topological polar surface area (TPSA) is 49.8 Å². The Kier molecular flexibility index (Phi) is 6.89. The lowest BCUT2D eigenvalue weighted by Crippen LogP contribution is -2.31. The molecule has 0 saturated carbocycles. The SMILES string of the molecule is Cc1cc(O)c(CN(CC(C)C)CC(C)C)c2c1C(=O)/C(=C\c1ccccc1Cl)O2. The van der Waals surface area contributed by atoms with E-state index in [-0.39, 0.29) is 17.3 Å². The molecule has 5 heteroatoms. The second kappa shape index (κ2) is 9.23. The first-order chi connectivity index (χ1) is 14.2. The molecule has 3 rings (SSSR count). The van der Waals surface area contributed by atoms with Crippen molar-refractivity contribution in [3.63, 3.8) is 0 Å². The number of ketones is 1. The molecule has 0 aliphatic carbocycles. The predicted octanol–water partition coefficient (Wildman–Crippen LogP) is 6.08. The molecule has 0 bridgehead atoms. The normalized spacial score (nSPS) is 14.8. The molecular weight excluding hydrogens is 398 g/mol. The molecule has 0 saturated heterocycles. The van der Waals surface area contributed by atoms with Gasteiger partial charge >= 0.3 is 0 Å². The number of phenolic OH excluding ortho intramolecular Hbond substituents is 1. The van der Waals surface area contributed by atoms with Gasteiger partial charge < -0.3 is 9.84 Å². The summed E-state index contributed by atoms with van der Waals surface area (Å²) >= 11 is 6.26. The molecule has 30 heavy (non-hydrogen) atoms. The summed E-state index contributed by atoms with van der Waals surface area (Å²) in [6.07, 6.45) is 1.67. The highest BCUT2D eigenvalue weighted by atomic mass is 35.5. The Morgan fingerprint density at radius 3 is 2.37 bits per heavy atom. The van der Waals surface area contributed by atoms with Gasteiger partial charge in [0, 0.05) is 24.7 Å². The van der Waals surface area contributed by atoms with E-state index in [2.05, 4.69) is 32.6 Å². The molecule has 1 aliphatic rings.